The van der Waals surface area contributed by atoms with Crippen molar-refractivity contribution < 1.29 is 19.1 Å². The Labute approximate surface area is 111 Å². The molecule has 2 bridgehead atoms. The van der Waals surface area contributed by atoms with E-state index in [-0.39, 0.29) is 30.0 Å². The fraction of sp³-hybridized carbons (Fsp3) is 0.643. The normalized spacial score (nSPS) is 34.8. The molecule has 19 heavy (non-hydrogen) atoms. The lowest BCUT2D eigenvalue weighted by atomic mass is 9.76. The number of amides is 2. The summed E-state index contributed by atoms with van der Waals surface area (Å²) in [6, 6.07) is 0.0716. The van der Waals surface area contributed by atoms with Crippen LogP contribution in [0.2, 0.25) is 0 Å². The molecule has 0 aromatic carbocycles. The first-order chi connectivity index (χ1) is 9.00. The number of nitrogens with zero attached hydrogens (tertiary/aromatic N) is 1. The summed E-state index contributed by atoms with van der Waals surface area (Å²) in [7, 11) is 0. The van der Waals surface area contributed by atoms with Crippen LogP contribution in [0.4, 0.5) is 0 Å². The van der Waals surface area contributed by atoms with Gasteiger partial charge in [-0.3, -0.25) is 14.5 Å². The van der Waals surface area contributed by atoms with E-state index < -0.39 is 11.9 Å². The quantitative estimate of drug-likeness (QED) is 0.431. The van der Waals surface area contributed by atoms with Gasteiger partial charge in [0.1, 0.15) is 0 Å². The predicted octanol–water partition coefficient (Wildman–Crippen LogP) is 0.889. The minimum absolute atomic E-state index is 0.0551. The van der Waals surface area contributed by atoms with E-state index in [0.717, 1.165) is 19.3 Å². The molecular weight excluding hydrogens is 246 g/mol. The Balaban J connectivity index is 1.61. The van der Waals surface area contributed by atoms with Crippen molar-refractivity contribution in [1.29, 1.82) is 0 Å². The maximum Gasteiger partial charge on any atom is 0.333 e. The zero-order chi connectivity index (χ0) is 13.7. The molecule has 2 saturated carbocycles. The number of β-lactam (4-membered cyclic amide) rings is 1. The Morgan fingerprint density at radius 2 is 2.05 bits per heavy atom. The van der Waals surface area contributed by atoms with Gasteiger partial charge in [0.05, 0.1) is 12.0 Å². The summed E-state index contributed by atoms with van der Waals surface area (Å²) in [4.78, 5) is 36.5. The van der Waals surface area contributed by atoms with Crippen molar-refractivity contribution in [2.45, 2.75) is 32.2 Å². The molecule has 5 heteroatoms. The Kier molecular flexibility index (Phi) is 2.73. The molecule has 3 fully saturated rings. The summed E-state index contributed by atoms with van der Waals surface area (Å²) in [5.74, 6) is -0.0645. The SMILES string of the molecule is C=C(C)C(=O)OCC(=O)N1C(=O)C2C3CCC(C3)C21. The molecule has 5 nitrogen and oxygen atoms in total. The summed E-state index contributed by atoms with van der Waals surface area (Å²) >= 11 is 0. The maximum atomic E-state index is 12.0. The number of carbonyl (C=O) groups excluding carboxylic acids is 3. The molecule has 0 spiro atoms. The van der Waals surface area contributed by atoms with Crippen LogP contribution < -0.4 is 0 Å². The number of fused-ring (bicyclic) bond motifs is 5. The van der Waals surface area contributed by atoms with Gasteiger partial charge in [-0.2, -0.15) is 0 Å². The number of esters is 1. The third kappa shape index (κ3) is 1.71. The van der Waals surface area contributed by atoms with E-state index in [2.05, 4.69) is 6.58 Å². The summed E-state index contributed by atoms with van der Waals surface area (Å²) < 4.78 is 4.82. The molecule has 4 atom stereocenters. The summed E-state index contributed by atoms with van der Waals surface area (Å²) in [5, 5.41) is 0. The first-order valence-corrected chi connectivity index (χ1v) is 6.69. The minimum atomic E-state index is -0.592. The van der Waals surface area contributed by atoms with Gasteiger partial charge in [0.25, 0.3) is 5.91 Å². The van der Waals surface area contributed by atoms with Gasteiger partial charge in [-0.15, -0.1) is 0 Å². The van der Waals surface area contributed by atoms with E-state index in [1.54, 1.807) is 0 Å². The highest BCUT2D eigenvalue weighted by molar-refractivity contribution is 6.03. The number of imide groups is 1. The lowest BCUT2D eigenvalue weighted by Gasteiger charge is -2.47. The van der Waals surface area contributed by atoms with E-state index in [0.29, 0.717) is 11.8 Å². The molecule has 1 heterocycles. The van der Waals surface area contributed by atoms with Crippen molar-refractivity contribution in [3.05, 3.63) is 12.2 Å². The summed E-state index contributed by atoms with van der Waals surface area (Å²) in [5.41, 5.74) is 0.250. The van der Waals surface area contributed by atoms with Crippen LogP contribution in [0, 0.1) is 17.8 Å². The molecule has 1 aliphatic heterocycles. The number of ether oxygens (including phenoxy) is 1. The van der Waals surface area contributed by atoms with Crippen LogP contribution in [0.15, 0.2) is 12.2 Å². The molecule has 3 aliphatic rings. The number of carbonyl (C=O) groups is 3. The monoisotopic (exact) mass is 263 g/mol. The average molecular weight is 263 g/mol. The molecule has 102 valence electrons. The van der Waals surface area contributed by atoms with Gasteiger partial charge < -0.3 is 4.74 Å². The highest BCUT2D eigenvalue weighted by Crippen LogP contribution is 2.56. The lowest BCUT2D eigenvalue weighted by Crippen LogP contribution is -2.65. The number of rotatable bonds is 3. The van der Waals surface area contributed by atoms with Crippen LogP contribution in [0.5, 0.6) is 0 Å². The van der Waals surface area contributed by atoms with Crippen LogP contribution in [-0.4, -0.2) is 35.3 Å². The van der Waals surface area contributed by atoms with Gasteiger partial charge in [-0.1, -0.05) is 6.58 Å². The van der Waals surface area contributed by atoms with E-state index in [9.17, 15) is 14.4 Å². The van der Waals surface area contributed by atoms with Crippen molar-refractivity contribution in [3.63, 3.8) is 0 Å². The van der Waals surface area contributed by atoms with Crippen molar-refractivity contribution >= 4 is 17.8 Å². The first-order valence-electron chi connectivity index (χ1n) is 6.69. The molecule has 3 rings (SSSR count). The molecule has 2 aliphatic carbocycles. The molecule has 0 N–H and O–H groups in total. The number of hydrogen-bond acceptors (Lipinski definition) is 4. The van der Waals surface area contributed by atoms with Gasteiger partial charge in [-0.05, 0) is 38.0 Å². The smallest absolute Gasteiger partial charge is 0.333 e. The van der Waals surface area contributed by atoms with Crippen LogP contribution in [0.25, 0.3) is 0 Å². The Hall–Kier alpha value is -1.65. The largest absolute Gasteiger partial charge is 0.452 e. The van der Waals surface area contributed by atoms with Crippen LogP contribution in [0.1, 0.15) is 26.2 Å². The third-order valence-corrected chi connectivity index (χ3v) is 4.64. The van der Waals surface area contributed by atoms with E-state index >= 15 is 0 Å². The van der Waals surface area contributed by atoms with Crippen LogP contribution in [0.3, 0.4) is 0 Å². The van der Waals surface area contributed by atoms with Crippen LogP contribution in [-0.2, 0) is 19.1 Å². The molecule has 0 aromatic rings. The molecule has 0 radical (unpaired) electrons. The van der Waals surface area contributed by atoms with Gasteiger partial charge in [-0.25, -0.2) is 4.79 Å². The second kappa shape index (κ2) is 4.18. The third-order valence-electron chi connectivity index (χ3n) is 4.64. The van der Waals surface area contributed by atoms with Crippen molar-refractivity contribution in [2.75, 3.05) is 6.61 Å². The number of hydrogen-bond donors (Lipinski definition) is 0. The topological polar surface area (TPSA) is 63.7 Å². The summed E-state index contributed by atoms with van der Waals surface area (Å²) in [6.07, 6.45) is 3.29. The zero-order valence-corrected chi connectivity index (χ0v) is 10.9. The molecular formula is C14H17NO4. The van der Waals surface area contributed by atoms with Gasteiger partial charge >= 0.3 is 5.97 Å². The fourth-order valence-corrected chi connectivity index (χ4v) is 3.81. The Morgan fingerprint density at radius 1 is 1.37 bits per heavy atom. The first kappa shape index (κ1) is 12.4. The van der Waals surface area contributed by atoms with Crippen molar-refractivity contribution in [2.24, 2.45) is 17.8 Å². The van der Waals surface area contributed by atoms with Crippen LogP contribution >= 0.6 is 0 Å². The maximum absolute atomic E-state index is 12.0. The van der Waals surface area contributed by atoms with Gasteiger partial charge in [0.2, 0.25) is 5.91 Å². The Bertz CT molecular complexity index is 484. The van der Waals surface area contributed by atoms with E-state index in [1.807, 2.05) is 0 Å². The van der Waals surface area contributed by atoms with E-state index in [4.69, 9.17) is 4.74 Å². The van der Waals surface area contributed by atoms with Gasteiger partial charge in [0, 0.05) is 5.57 Å². The van der Waals surface area contributed by atoms with E-state index in [1.165, 1.54) is 11.8 Å². The average Bonchev–Trinajstić information content (AvgIpc) is 2.92. The number of likely N-dealkylation sites (tertiary alicyclic amines) is 1. The standard InChI is InChI=1S/C14H17NO4/c1-7(2)14(18)19-6-10(16)15-12-9-4-3-8(5-9)11(12)13(15)17/h8-9,11-12H,1,3-6H2,2H3. The molecule has 2 amide bonds. The molecule has 0 aromatic heterocycles. The minimum Gasteiger partial charge on any atom is -0.452 e. The second-order valence-electron chi connectivity index (χ2n) is 5.81. The molecule has 4 unspecified atom stereocenters. The Morgan fingerprint density at radius 3 is 2.74 bits per heavy atom. The lowest BCUT2D eigenvalue weighted by molar-refractivity contribution is -0.173. The predicted molar refractivity (Wildman–Crippen MR) is 65.7 cm³/mol. The zero-order valence-electron chi connectivity index (χ0n) is 10.9. The highest BCUT2D eigenvalue weighted by Gasteiger charge is 2.63. The highest BCUT2D eigenvalue weighted by atomic mass is 16.5. The summed E-state index contributed by atoms with van der Waals surface area (Å²) in [6.45, 7) is 4.60. The van der Waals surface area contributed by atoms with Crippen molar-refractivity contribution in [3.8, 4) is 0 Å². The van der Waals surface area contributed by atoms with Crippen molar-refractivity contribution in [1.82, 2.24) is 4.90 Å². The fourth-order valence-electron chi connectivity index (χ4n) is 3.81. The molecule has 1 saturated heterocycles. The van der Waals surface area contributed by atoms with Gasteiger partial charge in [0.15, 0.2) is 6.61 Å². The second-order valence-corrected chi connectivity index (χ2v) is 5.81.